The highest BCUT2D eigenvalue weighted by Gasteiger charge is 2.28. The molecule has 0 aliphatic carbocycles. The highest BCUT2D eigenvalue weighted by atomic mass is 31.2. The minimum Gasteiger partial charge on any atom is -0.388 e. The van der Waals surface area contributed by atoms with Gasteiger partial charge in [-0.3, -0.25) is 9.32 Å². The van der Waals surface area contributed by atoms with Crippen LogP contribution in [0.3, 0.4) is 0 Å². The fourth-order valence-electron chi connectivity index (χ4n) is 0.593. The van der Waals surface area contributed by atoms with Gasteiger partial charge in [0.2, 0.25) is 0 Å². The zero-order valence-electron chi connectivity index (χ0n) is 7.39. The first kappa shape index (κ1) is 14.6. The summed E-state index contributed by atoms with van der Waals surface area (Å²) in [5.74, 6) is -1.08. The van der Waals surface area contributed by atoms with Crippen LogP contribution in [0.15, 0.2) is 0 Å². The van der Waals surface area contributed by atoms with E-state index in [0.717, 1.165) is 0 Å². The lowest BCUT2D eigenvalue weighted by Crippen LogP contribution is -2.38. The maximum Gasteiger partial charge on any atom is 0.499 e. The summed E-state index contributed by atoms with van der Waals surface area (Å²) in [6.07, 6.45) is -3.77. The summed E-state index contributed by atoms with van der Waals surface area (Å²) < 4.78 is 17.5. The van der Waals surface area contributed by atoms with Crippen LogP contribution in [-0.4, -0.2) is 56.7 Å². The molecule has 3 atom stereocenters. The molecule has 9 nitrogen and oxygen atoms in total. The van der Waals surface area contributed by atoms with Crippen molar-refractivity contribution in [2.45, 2.75) is 12.2 Å². The molecule has 0 saturated heterocycles. The van der Waals surface area contributed by atoms with Crippen molar-refractivity contribution in [3.63, 3.8) is 0 Å². The van der Waals surface area contributed by atoms with Gasteiger partial charge >= 0.3 is 7.82 Å². The summed E-state index contributed by atoms with van der Waals surface area (Å²) in [4.78, 5) is 19.1. The third-order valence-electron chi connectivity index (χ3n) is 1.36. The number of Topliss-reactive ketones (excluding diaryl/α,β-unsaturated/α-hetero) is 1. The number of carbonyl (C=O) groups excluding carboxylic acids is 1. The molecule has 0 aliphatic heterocycles. The van der Waals surface area contributed by atoms with Gasteiger partial charge in [-0.2, -0.15) is 0 Å². The molecule has 0 bridgehead atoms. The molecule has 0 aliphatic rings. The average molecular weight is 246 g/mol. The normalized spacial score (nSPS) is 19.3. The van der Waals surface area contributed by atoms with Crippen molar-refractivity contribution >= 4 is 13.6 Å². The molecule has 0 radical (unpaired) electrons. The first-order valence-corrected chi connectivity index (χ1v) is 5.13. The Kier molecular flexibility index (Phi) is 6.10. The Hall–Kier alpha value is -0.380. The number of aliphatic hydroxyl groups is 3. The summed E-state index contributed by atoms with van der Waals surface area (Å²) in [6.45, 7) is -1.92. The lowest BCUT2D eigenvalue weighted by molar-refractivity contribution is -0.166. The molecule has 90 valence electrons. The number of phosphoric ester groups is 1. The Balaban J connectivity index is 4.09. The Morgan fingerprint density at radius 2 is 1.93 bits per heavy atom. The minimum absolute atomic E-state index is 0.929. The molecule has 0 saturated carbocycles. The molecule has 0 aromatic rings. The van der Waals surface area contributed by atoms with Crippen LogP contribution in [0.4, 0.5) is 0 Å². The first-order chi connectivity index (χ1) is 6.84. The van der Waals surface area contributed by atoms with E-state index in [9.17, 15) is 9.36 Å². The van der Waals surface area contributed by atoms with Gasteiger partial charge in [-0.1, -0.05) is 0 Å². The molecule has 5 N–H and O–H groups in total. The van der Waals surface area contributed by atoms with Crippen molar-refractivity contribution in [1.29, 1.82) is 0 Å². The van der Waals surface area contributed by atoms with E-state index >= 15 is 0 Å². The lowest BCUT2D eigenvalue weighted by Gasteiger charge is -2.16. The maximum atomic E-state index is 10.6. The van der Waals surface area contributed by atoms with Crippen molar-refractivity contribution in [1.82, 2.24) is 0 Å². The number of carbonyl (C=O) groups is 1. The van der Waals surface area contributed by atoms with Crippen molar-refractivity contribution in [3.05, 3.63) is 0 Å². The van der Waals surface area contributed by atoms with Gasteiger partial charge in [-0.05, 0) is 0 Å². The molecular weight excluding hydrogens is 235 g/mol. The van der Waals surface area contributed by atoms with Crippen LogP contribution >= 0.6 is 7.82 Å². The smallest absolute Gasteiger partial charge is 0.388 e. The standard InChI is InChI=1S/C5H11O9P/c6-1-3(7)5(9)4(8)2-13-15(11,12)14-10/h4-6,8-10H,1-2H2,(H,11,12)/t4-,5-/m1/s1. The number of aliphatic hydroxyl groups excluding tert-OH is 3. The monoisotopic (exact) mass is 246 g/mol. The van der Waals surface area contributed by atoms with Gasteiger partial charge < -0.3 is 20.2 Å². The zero-order chi connectivity index (χ0) is 12.1. The van der Waals surface area contributed by atoms with Crippen molar-refractivity contribution in [2.24, 2.45) is 0 Å². The van der Waals surface area contributed by atoms with Gasteiger partial charge in [0.05, 0.1) is 6.61 Å². The van der Waals surface area contributed by atoms with Crippen molar-refractivity contribution in [2.75, 3.05) is 13.2 Å². The molecule has 0 aromatic carbocycles. The third-order valence-corrected chi connectivity index (χ3v) is 2.04. The SMILES string of the molecule is O=C(CO)[C@@H](O)[C@H](O)COP(=O)(O)OO. The van der Waals surface area contributed by atoms with E-state index < -0.39 is 39.0 Å². The Morgan fingerprint density at radius 1 is 1.40 bits per heavy atom. The topological polar surface area (TPSA) is 154 Å². The third kappa shape index (κ3) is 5.30. The van der Waals surface area contributed by atoms with Crippen LogP contribution in [0.1, 0.15) is 0 Å². The fraction of sp³-hybridized carbons (Fsp3) is 0.800. The van der Waals surface area contributed by atoms with Crippen LogP contribution in [-0.2, 0) is 18.6 Å². The number of hydrogen-bond donors (Lipinski definition) is 5. The highest BCUT2D eigenvalue weighted by Crippen LogP contribution is 2.41. The molecular formula is C5H11O9P. The largest absolute Gasteiger partial charge is 0.499 e. The van der Waals surface area contributed by atoms with E-state index in [1.165, 1.54) is 0 Å². The fourth-order valence-corrected chi connectivity index (χ4v) is 0.982. The van der Waals surface area contributed by atoms with Gasteiger partial charge in [-0.15, -0.1) is 4.67 Å². The second-order valence-corrected chi connectivity index (χ2v) is 3.84. The molecule has 0 rings (SSSR count). The van der Waals surface area contributed by atoms with Gasteiger partial charge in [0.1, 0.15) is 18.8 Å². The second kappa shape index (κ2) is 6.26. The Bertz CT molecular complexity index is 253. The van der Waals surface area contributed by atoms with Crippen molar-refractivity contribution < 1.29 is 44.0 Å². The first-order valence-electron chi connectivity index (χ1n) is 3.64. The molecule has 0 heterocycles. The van der Waals surface area contributed by atoms with E-state index in [-0.39, 0.29) is 0 Å². The summed E-state index contributed by atoms with van der Waals surface area (Å²) in [5.41, 5.74) is 0. The lowest BCUT2D eigenvalue weighted by atomic mass is 10.1. The molecule has 10 heteroatoms. The van der Waals surface area contributed by atoms with Crippen LogP contribution in [0, 0.1) is 0 Å². The van der Waals surface area contributed by atoms with E-state index in [2.05, 4.69) is 9.20 Å². The molecule has 15 heavy (non-hydrogen) atoms. The molecule has 0 fully saturated rings. The molecule has 0 spiro atoms. The summed E-state index contributed by atoms with van der Waals surface area (Å²) in [6, 6.07) is 0. The van der Waals surface area contributed by atoms with Crippen LogP contribution in [0.25, 0.3) is 0 Å². The Labute approximate surface area is 84.0 Å². The van der Waals surface area contributed by atoms with Gasteiger partial charge in [0.15, 0.2) is 5.78 Å². The van der Waals surface area contributed by atoms with Gasteiger partial charge in [0.25, 0.3) is 0 Å². The number of rotatable bonds is 7. The maximum absolute atomic E-state index is 10.6. The number of ketones is 1. The van der Waals surface area contributed by atoms with Gasteiger partial charge in [0, 0.05) is 0 Å². The molecule has 1 unspecified atom stereocenters. The van der Waals surface area contributed by atoms with Crippen LogP contribution in [0.2, 0.25) is 0 Å². The summed E-state index contributed by atoms with van der Waals surface area (Å²) in [5, 5.41) is 34.1. The summed E-state index contributed by atoms with van der Waals surface area (Å²) in [7, 11) is -4.70. The summed E-state index contributed by atoms with van der Waals surface area (Å²) >= 11 is 0. The predicted octanol–water partition coefficient (Wildman–Crippen LogP) is -2.12. The van der Waals surface area contributed by atoms with E-state index in [1.807, 2.05) is 0 Å². The van der Waals surface area contributed by atoms with Gasteiger partial charge in [-0.25, -0.2) is 9.82 Å². The molecule has 0 aromatic heterocycles. The minimum atomic E-state index is -4.70. The quantitative estimate of drug-likeness (QED) is 0.192. The predicted molar refractivity (Wildman–Crippen MR) is 43.6 cm³/mol. The van der Waals surface area contributed by atoms with E-state index in [1.54, 1.807) is 0 Å². The van der Waals surface area contributed by atoms with E-state index in [0.29, 0.717) is 0 Å². The average Bonchev–Trinajstić information content (AvgIpc) is 2.23. The number of phosphoric acid groups is 1. The Morgan fingerprint density at radius 3 is 2.33 bits per heavy atom. The number of hydrogen-bond acceptors (Lipinski definition) is 8. The highest BCUT2D eigenvalue weighted by molar-refractivity contribution is 7.47. The zero-order valence-corrected chi connectivity index (χ0v) is 8.28. The van der Waals surface area contributed by atoms with Crippen LogP contribution < -0.4 is 0 Å². The second-order valence-electron chi connectivity index (χ2n) is 2.48. The van der Waals surface area contributed by atoms with E-state index in [4.69, 9.17) is 25.5 Å². The van der Waals surface area contributed by atoms with Crippen molar-refractivity contribution in [3.8, 4) is 0 Å². The molecule has 0 amide bonds. The van der Waals surface area contributed by atoms with Crippen LogP contribution in [0.5, 0.6) is 0 Å².